The molecule has 18 heavy (non-hydrogen) atoms. The molecule has 0 aliphatic heterocycles. The Morgan fingerprint density at radius 3 is 2.72 bits per heavy atom. The van der Waals surface area contributed by atoms with Crippen molar-refractivity contribution in [3.8, 4) is 0 Å². The van der Waals surface area contributed by atoms with Crippen LogP contribution in [0.2, 0.25) is 0 Å². The molecule has 0 aromatic carbocycles. The van der Waals surface area contributed by atoms with Crippen LogP contribution in [0.15, 0.2) is 0 Å². The maximum absolute atomic E-state index is 12.0. The number of aromatic nitrogens is 2. The Bertz CT molecular complexity index is 440. The van der Waals surface area contributed by atoms with E-state index >= 15 is 0 Å². The van der Waals surface area contributed by atoms with Crippen molar-refractivity contribution in [3.05, 3.63) is 5.69 Å². The molecule has 1 heterocycles. The van der Waals surface area contributed by atoms with E-state index in [1.54, 1.807) is 0 Å². The minimum Gasteiger partial charge on any atom is -0.464 e. The van der Waals surface area contributed by atoms with Crippen LogP contribution < -0.4 is 5.32 Å². The second-order valence-corrected chi connectivity index (χ2v) is 5.02. The SMILES string of the molecule is COC(=O)c1nnsc1NC(=O)C1CCCCC1. The molecule has 1 amide bonds. The molecule has 0 saturated heterocycles. The minimum absolute atomic E-state index is 0.0337. The number of methoxy groups -OCH3 is 1. The second-order valence-electron chi connectivity index (χ2n) is 4.27. The Balaban J connectivity index is 2.02. The minimum atomic E-state index is -0.581. The van der Waals surface area contributed by atoms with Gasteiger partial charge in [-0.05, 0) is 12.8 Å². The molecule has 1 aromatic heterocycles. The molecule has 1 fully saturated rings. The number of hydrogen-bond donors (Lipinski definition) is 1. The van der Waals surface area contributed by atoms with Gasteiger partial charge in [0.05, 0.1) is 7.11 Å². The molecular weight excluding hydrogens is 254 g/mol. The molecule has 1 saturated carbocycles. The largest absolute Gasteiger partial charge is 0.464 e. The summed E-state index contributed by atoms with van der Waals surface area (Å²) in [5.74, 6) is -0.597. The summed E-state index contributed by atoms with van der Waals surface area (Å²) in [4.78, 5) is 23.4. The van der Waals surface area contributed by atoms with E-state index in [-0.39, 0.29) is 17.5 Å². The number of esters is 1. The number of ether oxygens (including phenoxy) is 1. The molecule has 1 aromatic rings. The zero-order chi connectivity index (χ0) is 13.0. The van der Waals surface area contributed by atoms with Gasteiger partial charge in [-0.1, -0.05) is 23.8 Å². The van der Waals surface area contributed by atoms with E-state index in [9.17, 15) is 9.59 Å². The highest BCUT2D eigenvalue weighted by molar-refractivity contribution is 7.10. The summed E-state index contributed by atoms with van der Waals surface area (Å²) in [5, 5.41) is 6.77. The van der Waals surface area contributed by atoms with E-state index in [1.807, 2.05) is 0 Å². The van der Waals surface area contributed by atoms with Crippen molar-refractivity contribution in [3.63, 3.8) is 0 Å². The van der Waals surface area contributed by atoms with Crippen LogP contribution in [0.25, 0.3) is 0 Å². The van der Waals surface area contributed by atoms with Gasteiger partial charge in [-0.3, -0.25) is 4.79 Å². The van der Waals surface area contributed by atoms with Gasteiger partial charge in [0, 0.05) is 17.5 Å². The van der Waals surface area contributed by atoms with Gasteiger partial charge in [0.2, 0.25) is 11.6 Å². The van der Waals surface area contributed by atoms with E-state index in [4.69, 9.17) is 0 Å². The maximum atomic E-state index is 12.0. The summed E-state index contributed by atoms with van der Waals surface area (Å²) in [6, 6.07) is 0. The van der Waals surface area contributed by atoms with E-state index in [0.717, 1.165) is 37.2 Å². The zero-order valence-corrected chi connectivity index (χ0v) is 11.0. The Labute approximate surface area is 109 Å². The quantitative estimate of drug-likeness (QED) is 0.847. The first-order valence-electron chi connectivity index (χ1n) is 5.94. The van der Waals surface area contributed by atoms with Crippen molar-refractivity contribution in [2.45, 2.75) is 32.1 Å². The van der Waals surface area contributed by atoms with Crippen molar-refractivity contribution < 1.29 is 14.3 Å². The molecule has 0 atom stereocenters. The molecule has 1 N–H and O–H groups in total. The maximum Gasteiger partial charge on any atom is 0.361 e. The molecule has 1 aliphatic carbocycles. The molecule has 0 unspecified atom stereocenters. The molecule has 0 radical (unpaired) electrons. The van der Waals surface area contributed by atoms with Gasteiger partial charge in [-0.15, -0.1) is 5.10 Å². The van der Waals surface area contributed by atoms with Crippen LogP contribution in [0.4, 0.5) is 5.00 Å². The van der Waals surface area contributed by atoms with Gasteiger partial charge in [-0.25, -0.2) is 4.79 Å². The molecular formula is C11H15N3O3S. The van der Waals surface area contributed by atoms with Crippen molar-refractivity contribution in [1.82, 2.24) is 9.59 Å². The molecule has 98 valence electrons. The van der Waals surface area contributed by atoms with Gasteiger partial charge in [-0.2, -0.15) is 0 Å². The first kappa shape index (κ1) is 12.9. The van der Waals surface area contributed by atoms with Gasteiger partial charge >= 0.3 is 5.97 Å². The summed E-state index contributed by atoms with van der Waals surface area (Å²) < 4.78 is 8.24. The summed E-state index contributed by atoms with van der Waals surface area (Å²) in [6.07, 6.45) is 5.18. The van der Waals surface area contributed by atoms with Crippen molar-refractivity contribution in [2.75, 3.05) is 12.4 Å². The standard InChI is InChI=1S/C11H15N3O3S/c1-17-11(16)8-10(18-14-13-8)12-9(15)7-5-3-2-4-6-7/h7H,2-6H2,1H3,(H,12,15). The Morgan fingerprint density at radius 1 is 1.33 bits per heavy atom. The third-order valence-corrected chi connectivity index (χ3v) is 3.72. The van der Waals surface area contributed by atoms with Crippen LogP contribution in [0.3, 0.4) is 0 Å². The Hall–Kier alpha value is -1.50. The number of carbonyl (C=O) groups excluding carboxylic acids is 2. The van der Waals surface area contributed by atoms with Gasteiger partial charge in [0.15, 0.2) is 5.00 Å². The third kappa shape index (κ3) is 2.84. The highest BCUT2D eigenvalue weighted by atomic mass is 32.1. The number of nitrogens with zero attached hydrogens (tertiary/aromatic N) is 2. The zero-order valence-electron chi connectivity index (χ0n) is 10.1. The molecule has 0 spiro atoms. The molecule has 2 rings (SSSR count). The lowest BCUT2D eigenvalue weighted by Gasteiger charge is -2.20. The van der Waals surface area contributed by atoms with E-state index in [2.05, 4.69) is 19.6 Å². The number of nitrogens with one attached hydrogen (secondary N) is 1. The van der Waals surface area contributed by atoms with Crippen LogP contribution in [-0.4, -0.2) is 28.6 Å². The van der Waals surface area contributed by atoms with Gasteiger partial charge in [0.1, 0.15) is 0 Å². The first-order chi connectivity index (χ1) is 8.72. The van der Waals surface area contributed by atoms with Crippen LogP contribution in [-0.2, 0) is 9.53 Å². The number of carbonyl (C=O) groups is 2. The second kappa shape index (κ2) is 5.90. The van der Waals surface area contributed by atoms with Crippen molar-refractivity contribution in [2.24, 2.45) is 5.92 Å². The Morgan fingerprint density at radius 2 is 2.06 bits per heavy atom. The average molecular weight is 269 g/mol. The predicted octanol–water partition coefficient (Wildman–Crippen LogP) is 1.84. The van der Waals surface area contributed by atoms with E-state index in [0.29, 0.717) is 5.00 Å². The summed E-state index contributed by atoms with van der Waals surface area (Å²) in [7, 11) is 1.27. The number of anilines is 1. The molecule has 6 nitrogen and oxygen atoms in total. The molecule has 0 bridgehead atoms. The van der Waals surface area contributed by atoms with Crippen LogP contribution in [0.5, 0.6) is 0 Å². The van der Waals surface area contributed by atoms with E-state index in [1.165, 1.54) is 13.5 Å². The summed E-state index contributed by atoms with van der Waals surface area (Å²) in [6.45, 7) is 0. The lowest BCUT2D eigenvalue weighted by atomic mass is 9.89. The average Bonchev–Trinajstić information content (AvgIpc) is 2.87. The van der Waals surface area contributed by atoms with Crippen LogP contribution in [0.1, 0.15) is 42.6 Å². The molecule has 1 aliphatic rings. The van der Waals surface area contributed by atoms with Crippen LogP contribution >= 0.6 is 11.5 Å². The fraction of sp³-hybridized carbons (Fsp3) is 0.636. The lowest BCUT2D eigenvalue weighted by molar-refractivity contribution is -0.120. The highest BCUT2D eigenvalue weighted by Gasteiger charge is 2.24. The summed E-state index contributed by atoms with van der Waals surface area (Å²) >= 11 is 0.992. The number of amides is 1. The van der Waals surface area contributed by atoms with Crippen molar-refractivity contribution >= 4 is 28.4 Å². The normalized spacial score (nSPS) is 16.3. The number of rotatable bonds is 3. The van der Waals surface area contributed by atoms with Gasteiger partial charge in [0.25, 0.3) is 0 Å². The topological polar surface area (TPSA) is 81.2 Å². The Kier molecular flexibility index (Phi) is 4.24. The van der Waals surface area contributed by atoms with Gasteiger partial charge < -0.3 is 10.1 Å². The number of hydrogen-bond acceptors (Lipinski definition) is 6. The smallest absolute Gasteiger partial charge is 0.361 e. The summed E-state index contributed by atoms with van der Waals surface area (Å²) in [5.41, 5.74) is 0.0756. The third-order valence-electron chi connectivity index (χ3n) is 3.08. The van der Waals surface area contributed by atoms with Crippen LogP contribution in [0, 0.1) is 5.92 Å². The monoisotopic (exact) mass is 269 g/mol. The fourth-order valence-corrected chi connectivity index (χ4v) is 2.64. The highest BCUT2D eigenvalue weighted by Crippen LogP contribution is 2.26. The lowest BCUT2D eigenvalue weighted by Crippen LogP contribution is -2.25. The van der Waals surface area contributed by atoms with Crippen molar-refractivity contribution in [1.29, 1.82) is 0 Å². The fourth-order valence-electron chi connectivity index (χ4n) is 2.08. The first-order valence-corrected chi connectivity index (χ1v) is 6.71. The van der Waals surface area contributed by atoms with E-state index < -0.39 is 5.97 Å². The molecule has 7 heteroatoms. The predicted molar refractivity (Wildman–Crippen MR) is 66.5 cm³/mol.